The summed E-state index contributed by atoms with van der Waals surface area (Å²) < 4.78 is 34.2. The van der Waals surface area contributed by atoms with Crippen molar-refractivity contribution < 1.29 is 18.3 Å². The minimum atomic E-state index is -1.44. The first-order valence-electron chi connectivity index (χ1n) is 10.1. The molecule has 1 unspecified atom stereocenters. The average Bonchev–Trinajstić information content (AvgIpc) is 3.05. The minimum absolute atomic E-state index is 0.109. The predicted molar refractivity (Wildman–Crippen MR) is 116 cm³/mol. The van der Waals surface area contributed by atoms with Crippen molar-refractivity contribution in [3.05, 3.63) is 64.8 Å². The minimum Gasteiger partial charge on any atom is -0.487 e. The highest BCUT2D eigenvalue weighted by Gasteiger charge is 2.33. The Morgan fingerprint density at radius 3 is 2.65 bits per heavy atom. The number of rotatable bonds is 6. The molecule has 162 valence electrons. The summed E-state index contributed by atoms with van der Waals surface area (Å²) in [7, 11) is 0. The maximum Gasteiger partial charge on any atom is 0.278 e. The molecule has 2 aromatic carbocycles. The van der Waals surface area contributed by atoms with Gasteiger partial charge < -0.3 is 9.64 Å². The summed E-state index contributed by atoms with van der Waals surface area (Å²) in [5.74, 6) is -0.0875. The number of hydrogen-bond donors (Lipinski definition) is 0. The number of fused-ring (bicyclic) bond motifs is 1. The number of halogens is 3. The Morgan fingerprint density at radius 1 is 1.19 bits per heavy atom. The maximum atomic E-state index is 14.1. The Kier molecular flexibility index (Phi) is 6.23. The van der Waals surface area contributed by atoms with Crippen molar-refractivity contribution in [2.75, 3.05) is 26.4 Å². The van der Waals surface area contributed by atoms with Gasteiger partial charge in [0.15, 0.2) is 11.4 Å². The number of amides is 1. The first-order chi connectivity index (χ1) is 15.0. The Morgan fingerprint density at radius 2 is 1.94 bits per heavy atom. The Balaban J connectivity index is 1.84. The number of nitrogens with zero attached hydrogens (tertiary/aromatic N) is 3. The van der Waals surface area contributed by atoms with Crippen molar-refractivity contribution in [3.8, 4) is 22.7 Å². The standard InChI is InChI=1S/C23H22ClF2N3O2/c1-15-4-2-3-5-19(15)29-21(16-6-8-17(24)9-7-16)22-20(27-29)23(30)28(12-13-31-22)14-18(26)10-11-25/h2-9,18H,10-14H2,1H3. The maximum absolute atomic E-state index is 14.1. The molecule has 1 atom stereocenters. The van der Waals surface area contributed by atoms with Crippen molar-refractivity contribution in [1.29, 1.82) is 0 Å². The van der Waals surface area contributed by atoms with Crippen LogP contribution in [0.4, 0.5) is 8.78 Å². The lowest BCUT2D eigenvalue weighted by atomic mass is 10.1. The first-order valence-corrected chi connectivity index (χ1v) is 10.4. The molecule has 0 fully saturated rings. The van der Waals surface area contributed by atoms with E-state index in [9.17, 15) is 13.6 Å². The van der Waals surface area contributed by atoms with Crippen LogP contribution in [0.3, 0.4) is 0 Å². The second-order valence-electron chi connectivity index (χ2n) is 7.41. The molecule has 5 nitrogen and oxygen atoms in total. The number of hydrogen-bond acceptors (Lipinski definition) is 3. The van der Waals surface area contributed by atoms with Gasteiger partial charge in [-0.2, -0.15) is 5.10 Å². The van der Waals surface area contributed by atoms with E-state index >= 15 is 0 Å². The van der Waals surface area contributed by atoms with E-state index in [-0.39, 0.29) is 31.8 Å². The molecule has 1 aliphatic rings. The van der Waals surface area contributed by atoms with Gasteiger partial charge in [-0.25, -0.2) is 9.07 Å². The molecule has 1 amide bonds. The lowest BCUT2D eigenvalue weighted by molar-refractivity contribution is 0.0691. The van der Waals surface area contributed by atoms with E-state index < -0.39 is 18.8 Å². The van der Waals surface area contributed by atoms with E-state index in [1.165, 1.54) is 4.90 Å². The average molecular weight is 446 g/mol. The SMILES string of the molecule is Cc1ccccc1-n1nc2c(c1-c1ccc(Cl)cc1)OCCN(CC(F)CCF)C2=O. The smallest absolute Gasteiger partial charge is 0.278 e. The van der Waals surface area contributed by atoms with Crippen molar-refractivity contribution in [3.63, 3.8) is 0 Å². The molecule has 3 aromatic rings. The second kappa shape index (κ2) is 9.06. The van der Waals surface area contributed by atoms with Gasteiger partial charge in [0.05, 0.1) is 25.5 Å². The molecular formula is C23H22ClF2N3O2. The summed E-state index contributed by atoms with van der Waals surface area (Å²) in [4.78, 5) is 14.6. The van der Waals surface area contributed by atoms with Gasteiger partial charge in [-0.15, -0.1) is 0 Å². The lowest BCUT2D eigenvalue weighted by Crippen LogP contribution is -2.37. The molecule has 0 aliphatic carbocycles. The number of alkyl halides is 2. The number of benzene rings is 2. The molecule has 2 heterocycles. The quantitative estimate of drug-likeness (QED) is 0.534. The zero-order chi connectivity index (χ0) is 22.0. The van der Waals surface area contributed by atoms with Crippen LogP contribution in [-0.2, 0) is 0 Å². The van der Waals surface area contributed by atoms with Gasteiger partial charge in [-0.05, 0) is 30.7 Å². The van der Waals surface area contributed by atoms with E-state index in [1.54, 1.807) is 16.8 Å². The molecule has 8 heteroatoms. The molecule has 0 saturated heterocycles. The number of aryl methyl sites for hydroxylation is 1. The molecule has 0 saturated carbocycles. The van der Waals surface area contributed by atoms with Crippen LogP contribution < -0.4 is 4.74 Å². The molecule has 0 radical (unpaired) electrons. The van der Waals surface area contributed by atoms with Crippen LogP contribution in [0.15, 0.2) is 48.5 Å². The third-order valence-electron chi connectivity index (χ3n) is 5.24. The fourth-order valence-electron chi connectivity index (χ4n) is 3.65. The van der Waals surface area contributed by atoms with Crippen molar-refractivity contribution >= 4 is 17.5 Å². The Bertz CT molecular complexity index is 1080. The Labute approximate surface area is 184 Å². The summed E-state index contributed by atoms with van der Waals surface area (Å²) in [6.45, 7) is 1.37. The molecular weight excluding hydrogens is 424 g/mol. The van der Waals surface area contributed by atoms with Crippen molar-refractivity contribution in [1.82, 2.24) is 14.7 Å². The number of aromatic nitrogens is 2. The van der Waals surface area contributed by atoms with Crippen LogP contribution in [0.1, 0.15) is 22.5 Å². The van der Waals surface area contributed by atoms with E-state index in [0.717, 1.165) is 16.8 Å². The summed E-state index contributed by atoms with van der Waals surface area (Å²) >= 11 is 6.06. The summed E-state index contributed by atoms with van der Waals surface area (Å²) in [6, 6.07) is 14.9. The van der Waals surface area contributed by atoms with Crippen LogP contribution in [0.5, 0.6) is 5.75 Å². The molecule has 31 heavy (non-hydrogen) atoms. The van der Waals surface area contributed by atoms with Crippen LogP contribution in [0.25, 0.3) is 16.9 Å². The fraction of sp³-hybridized carbons (Fsp3) is 0.304. The largest absolute Gasteiger partial charge is 0.487 e. The topological polar surface area (TPSA) is 47.4 Å². The highest BCUT2D eigenvalue weighted by atomic mass is 35.5. The van der Waals surface area contributed by atoms with Crippen LogP contribution in [-0.4, -0.2) is 53.1 Å². The highest BCUT2D eigenvalue weighted by molar-refractivity contribution is 6.30. The Hall–Kier alpha value is -2.93. The van der Waals surface area contributed by atoms with Crippen molar-refractivity contribution in [2.24, 2.45) is 0 Å². The molecule has 1 aromatic heterocycles. The summed E-state index contributed by atoms with van der Waals surface area (Å²) in [6.07, 6.45) is -1.68. The van der Waals surface area contributed by atoms with Gasteiger partial charge >= 0.3 is 0 Å². The highest BCUT2D eigenvalue weighted by Crippen LogP contribution is 2.38. The summed E-state index contributed by atoms with van der Waals surface area (Å²) in [5, 5.41) is 5.18. The van der Waals surface area contributed by atoms with Crippen LogP contribution in [0.2, 0.25) is 5.02 Å². The normalized spacial score (nSPS) is 14.7. The molecule has 1 aliphatic heterocycles. The number of ether oxygens (including phenoxy) is 1. The molecule has 0 N–H and O–H groups in total. The monoisotopic (exact) mass is 445 g/mol. The van der Waals surface area contributed by atoms with E-state index in [4.69, 9.17) is 16.3 Å². The number of carbonyl (C=O) groups excluding carboxylic acids is 1. The van der Waals surface area contributed by atoms with Gasteiger partial charge in [0, 0.05) is 17.0 Å². The van der Waals surface area contributed by atoms with Gasteiger partial charge in [0.2, 0.25) is 0 Å². The third kappa shape index (κ3) is 4.28. The number of para-hydroxylation sites is 1. The predicted octanol–water partition coefficient (Wildman–Crippen LogP) is 5.03. The van der Waals surface area contributed by atoms with Crippen LogP contribution in [0, 0.1) is 6.92 Å². The fourth-order valence-corrected chi connectivity index (χ4v) is 3.78. The van der Waals surface area contributed by atoms with E-state index in [0.29, 0.717) is 16.5 Å². The van der Waals surface area contributed by atoms with Crippen LogP contribution >= 0.6 is 11.6 Å². The zero-order valence-corrected chi connectivity index (χ0v) is 17.8. The van der Waals surface area contributed by atoms with Crippen molar-refractivity contribution in [2.45, 2.75) is 19.5 Å². The van der Waals surface area contributed by atoms with Gasteiger partial charge in [0.1, 0.15) is 18.5 Å². The molecule has 4 rings (SSSR count). The van der Waals surface area contributed by atoms with Gasteiger partial charge in [0.25, 0.3) is 5.91 Å². The summed E-state index contributed by atoms with van der Waals surface area (Å²) in [5.41, 5.74) is 3.27. The van der Waals surface area contributed by atoms with E-state index in [2.05, 4.69) is 5.10 Å². The van der Waals surface area contributed by atoms with E-state index in [1.807, 2.05) is 43.3 Å². The van der Waals surface area contributed by atoms with Gasteiger partial charge in [-0.3, -0.25) is 9.18 Å². The lowest BCUT2D eigenvalue weighted by Gasteiger charge is -2.21. The molecule has 0 bridgehead atoms. The molecule has 0 spiro atoms. The van der Waals surface area contributed by atoms with Gasteiger partial charge in [-0.1, -0.05) is 41.9 Å². The third-order valence-corrected chi connectivity index (χ3v) is 5.49. The second-order valence-corrected chi connectivity index (χ2v) is 7.84. The number of carbonyl (C=O) groups is 1. The first kappa shape index (κ1) is 21.3. The zero-order valence-electron chi connectivity index (χ0n) is 17.0.